The van der Waals surface area contributed by atoms with E-state index in [-0.39, 0.29) is 12.8 Å². The monoisotopic (exact) mass is 340 g/mol. The van der Waals surface area contributed by atoms with Crippen molar-refractivity contribution in [3.8, 4) is 17.2 Å². The van der Waals surface area contributed by atoms with Crippen LogP contribution < -0.4 is 24.8 Å². The zero-order chi connectivity index (χ0) is 17.2. The van der Waals surface area contributed by atoms with Crippen molar-refractivity contribution in [2.24, 2.45) is 0 Å². The largest absolute Gasteiger partial charge is 0.495 e. The van der Waals surface area contributed by atoms with E-state index in [1.165, 1.54) is 11.1 Å². The number of carbonyl (C=O) groups is 1. The van der Waals surface area contributed by atoms with Crippen molar-refractivity contribution in [3.63, 3.8) is 0 Å². The maximum absolute atomic E-state index is 12.4. The van der Waals surface area contributed by atoms with E-state index < -0.39 is 0 Å². The molecule has 2 amide bonds. The minimum atomic E-state index is -0.253. The Hall–Kier alpha value is -2.89. The van der Waals surface area contributed by atoms with Crippen LogP contribution in [0.1, 0.15) is 23.1 Å². The second kappa shape index (κ2) is 6.55. The number of anilines is 1. The Balaban J connectivity index is 1.44. The first kappa shape index (κ1) is 15.6. The van der Waals surface area contributed by atoms with Crippen molar-refractivity contribution < 1.29 is 19.0 Å². The van der Waals surface area contributed by atoms with E-state index in [0.29, 0.717) is 18.0 Å². The maximum atomic E-state index is 12.4. The SMILES string of the molecule is COc1ccc2c(c1NC(=O)NCc1ccc3c(c1)OCO3)CCC2. The van der Waals surface area contributed by atoms with Crippen LogP contribution in [0.15, 0.2) is 30.3 Å². The van der Waals surface area contributed by atoms with Gasteiger partial charge in [0.15, 0.2) is 11.5 Å². The van der Waals surface area contributed by atoms with Gasteiger partial charge in [0.25, 0.3) is 0 Å². The van der Waals surface area contributed by atoms with E-state index >= 15 is 0 Å². The summed E-state index contributed by atoms with van der Waals surface area (Å²) in [4.78, 5) is 12.4. The molecular weight excluding hydrogens is 320 g/mol. The molecule has 25 heavy (non-hydrogen) atoms. The minimum absolute atomic E-state index is 0.242. The Morgan fingerprint density at radius 2 is 2.04 bits per heavy atom. The summed E-state index contributed by atoms with van der Waals surface area (Å²) in [5, 5.41) is 5.83. The average molecular weight is 340 g/mol. The number of methoxy groups -OCH3 is 1. The number of urea groups is 1. The highest BCUT2D eigenvalue weighted by atomic mass is 16.7. The van der Waals surface area contributed by atoms with Crippen LogP contribution in [0.4, 0.5) is 10.5 Å². The van der Waals surface area contributed by atoms with Crippen LogP contribution in [0.2, 0.25) is 0 Å². The number of rotatable bonds is 4. The van der Waals surface area contributed by atoms with Crippen LogP contribution >= 0.6 is 0 Å². The zero-order valence-corrected chi connectivity index (χ0v) is 14.1. The molecule has 0 aromatic heterocycles. The highest BCUT2D eigenvalue weighted by Crippen LogP contribution is 2.36. The number of benzene rings is 2. The van der Waals surface area contributed by atoms with Crippen molar-refractivity contribution in [3.05, 3.63) is 47.0 Å². The highest BCUT2D eigenvalue weighted by molar-refractivity contribution is 5.92. The molecule has 2 aliphatic rings. The van der Waals surface area contributed by atoms with Gasteiger partial charge in [-0.3, -0.25) is 0 Å². The number of fused-ring (bicyclic) bond motifs is 2. The molecule has 0 atom stereocenters. The first-order chi connectivity index (χ1) is 12.2. The first-order valence-corrected chi connectivity index (χ1v) is 8.37. The van der Waals surface area contributed by atoms with Crippen molar-refractivity contribution in [1.29, 1.82) is 0 Å². The quantitative estimate of drug-likeness (QED) is 0.896. The molecule has 0 saturated carbocycles. The Kier molecular flexibility index (Phi) is 4.09. The summed E-state index contributed by atoms with van der Waals surface area (Å²) < 4.78 is 16.1. The lowest BCUT2D eigenvalue weighted by Gasteiger charge is -2.15. The van der Waals surface area contributed by atoms with Gasteiger partial charge < -0.3 is 24.8 Å². The van der Waals surface area contributed by atoms with Crippen LogP contribution in [-0.4, -0.2) is 19.9 Å². The van der Waals surface area contributed by atoms with E-state index in [1.54, 1.807) is 7.11 Å². The molecule has 0 saturated heterocycles. The second-order valence-corrected chi connectivity index (χ2v) is 6.13. The Morgan fingerprint density at radius 3 is 2.92 bits per heavy atom. The summed E-state index contributed by atoms with van der Waals surface area (Å²) in [7, 11) is 1.62. The summed E-state index contributed by atoms with van der Waals surface area (Å²) >= 11 is 0. The molecule has 0 unspecified atom stereocenters. The molecule has 6 nitrogen and oxygen atoms in total. The van der Waals surface area contributed by atoms with Gasteiger partial charge in [-0.25, -0.2) is 4.79 Å². The van der Waals surface area contributed by atoms with Gasteiger partial charge in [-0.05, 0) is 54.2 Å². The maximum Gasteiger partial charge on any atom is 0.319 e. The van der Waals surface area contributed by atoms with Crippen LogP contribution in [0.5, 0.6) is 17.2 Å². The van der Waals surface area contributed by atoms with Crippen molar-refractivity contribution in [2.75, 3.05) is 19.2 Å². The predicted molar refractivity (Wildman–Crippen MR) is 93.4 cm³/mol. The van der Waals surface area contributed by atoms with E-state index in [2.05, 4.69) is 16.7 Å². The van der Waals surface area contributed by atoms with Gasteiger partial charge >= 0.3 is 6.03 Å². The van der Waals surface area contributed by atoms with Gasteiger partial charge in [0, 0.05) is 6.54 Å². The lowest BCUT2D eigenvalue weighted by atomic mass is 10.1. The highest BCUT2D eigenvalue weighted by Gasteiger charge is 2.20. The van der Waals surface area contributed by atoms with Gasteiger partial charge in [0.05, 0.1) is 12.8 Å². The Morgan fingerprint density at radius 1 is 1.16 bits per heavy atom. The van der Waals surface area contributed by atoms with Crippen LogP contribution in [0, 0.1) is 0 Å². The molecule has 0 spiro atoms. The number of hydrogen-bond donors (Lipinski definition) is 2. The Bertz CT molecular complexity index is 819. The molecule has 2 aromatic rings. The summed E-state index contributed by atoms with van der Waals surface area (Å²) in [6.45, 7) is 0.644. The van der Waals surface area contributed by atoms with Crippen molar-refractivity contribution in [1.82, 2.24) is 5.32 Å². The molecule has 6 heteroatoms. The van der Waals surface area contributed by atoms with Crippen molar-refractivity contribution >= 4 is 11.7 Å². The van der Waals surface area contributed by atoms with Crippen molar-refractivity contribution in [2.45, 2.75) is 25.8 Å². The number of nitrogens with one attached hydrogen (secondary N) is 2. The number of carbonyl (C=O) groups excluding carboxylic acids is 1. The summed E-state index contributed by atoms with van der Waals surface area (Å²) in [5.41, 5.74) is 4.19. The summed E-state index contributed by atoms with van der Waals surface area (Å²) in [5.74, 6) is 2.14. The standard InChI is InChI=1S/C19H20N2O4/c1-23-16-8-6-13-3-2-4-14(13)18(16)21-19(22)20-10-12-5-7-15-17(9-12)25-11-24-15/h5-9H,2-4,10-11H2,1H3,(H2,20,21,22). The number of hydrogen-bond acceptors (Lipinski definition) is 4. The molecular formula is C19H20N2O4. The van der Waals surface area contributed by atoms with Gasteiger partial charge in [-0.1, -0.05) is 12.1 Å². The molecule has 0 fully saturated rings. The molecule has 0 radical (unpaired) electrons. The van der Waals surface area contributed by atoms with Gasteiger partial charge in [0.1, 0.15) is 5.75 Å². The fraction of sp³-hybridized carbons (Fsp3) is 0.316. The fourth-order valence-corrected chi connectivity index (χ4v) is 3.34. The molecule has 2 aromatic carbocycles. The fourth-order valence-electron chi connectivity index (χ4n) is 3.34. The molecule has 4 rings (SSSR count). The molecule has 1 aliphatic heterocycles. The van der Waals surface area contributed by atoms with Crippen LogP contribution in [-0.2, 0) is 19.4 Å². The van der Waals surface area contributed by atoms with E-state index in [0.717, 1.165) is 36.3 Å². The zero-order valence-electron chi connectivity index (χ0n) is 14.1. The normalized spacial score (nSPS) is 14.1. The molecule has 2 N–H and O–H groups in total. The molecule has 0 bridgehead atoms. The molecule has 1 aliphatic carbocycles. The lowest BCUT2D eigenvalue weighted by molar-refractivity contribution is 0.174. The average Bonchev–Trinajstić information content (AvgIpc) is 3.28. The third-order valence-corrected chi connectivity index (χ3v) is 4.59. The molecule has 130 valence electrons. The first-order valence-electron chi connectivity index (χ1n) is 8.37. The third-order valence-electron chi connectivity index (χ3n) is 4.59. The third kappa shape index (κ3) is 3.07. The minimum Gasteiger partial charge on any atom is -0.495 e. The smallest absolute Gasteiger partial charge is 0.319 e. The molecule has 1 heterocycles. The van der Waals surface area contributed by atoms with Crippen LogP contribution in [0.25, 0.3) is 0 Å². The van der Waals surface area contributed by atoms with E-state index in [1.807, 2.05) is 24.3 Å². The van der Waals surface area contributed by atoms with Gasteiger partial charge in [0.2, 0.25) is 6.79 Å². The Labute approximate surface area is 146 Å². The topological polar surface area (TPSA) is 68.8 Å². The van der Waals surface area contributed by atoms with Crippen LogP contribution in [0.3, 0.4) is 0 Å². The number of amides is 2. The van der Waals surface area contributed by atoms with E-state index in [4.69, 9.17) is 14.2 Å². The summed E-state index contributed by atoms with van der Waals surface area (Å²) in [6.07, 6.45) is 3.12. The number of ether oxygens (including phenoxy) is 3. The lowest BCUT2D eigenvalue weighted by Crippen LogP contribution is -2.28. The number of aryl methyl sites for hydroxylation is 1. The predicted octanol–water partition coefficient (Wildman–Crippen LogP) is 3.23. The second-order valence-electron chi connectivity index (χ2n) is 6.13. The van der Waals surface area contributed by atoms with Gasteiger partial charge in [-0.15, -0.1) is 0 Å². The van der Waals surface area contributed by atoms with Gasteiger partial charge in [-0.2, -0.15) is 0 Å². The van der Waals surface area contributed by atoms with E-state index in [9.17, 15) is 4.79 Å². The summed E-state index contributed by atoms with van der Waals surface area (Å²) in [6, 6.07) is 9.38.